The molecule has 26 heavy (non-hydrogen) atoms. The summed E-state index contributed by atoms with van der Waals surface area (Å²) in [4.78, 5) is 13.2. The maximum atomic E-state index is 11.6. The van der Waals surface area contributed by atoms with Crippen LogP contribution >= 0.6 is 15.9 Å². The third-order valence-electron chi connectivity index (χ3n) is 5.27. The molecule has 3 nitrogen and oxygen atoms in total. The first-order valence-corrected chi connectivity index (χ1v) is 9.87. The average molecular weight is 416 g/mol. The lowest BCUT2D eigenvalue weighted by atomic mass is 9.74. The molecule has 0 spiro atoms. The van der Waals surface area contributed by atoms with Gasteiger partial charge in [0, 0.05) is 23.5 Å². The topological polar surface area (TPSA) is 40.5 Å². The molecule has 0 radical (unpaired) electrons. The molecule has 1 amide bonds. The molecular formula is C22H26BrNO2. The molecule has 0 aromatic heterocycles. The van der Waals surface area contributed by atoms with Crippen molar-refractivity contribution in [2.24, 2.45) is 5.41 Å². The molecule has 2 aromatic carbocycles. The van der Waals surface area contributed by atoms with Crippen molar-refractivity contribution in [1.82, 2.24) is 4.90 Å². The van der Waals surface area contributed by atoms with Crippen molar-refractivity contribution in [2.45, 2.75) is 39.5 Å². The number of fused-ring (bicyclic) bond motifs is 1. The second-order valence-electron chi connectivity index (χ2n) is 8.23. The summed E-state index contributed by atoms with van der Waals surface area (Å²) in [6, 6.07) is 15.1. The number of carboxylic acid groups (broad SMARTS) is 1. The SMILES string of the molecule is CC(C)(C)C1CN(C(=O)O)CCc2cc(Cc3ccc(Br)cc3)ccc21. The van der Waals surface area contributed by atoms with E-state index in [9.17, 15) is 9.90 Å². The van der Waals surface area contributed by atoms with Crippen LogP contribution < -0.4 is 0 Å². The standard InChI is InChI=1S/C22H26BrNO2/c1-22(2,3)20-14-24(21(25)26)11-10-17-13-16(6-9-19(17)20)12-15-4-7-18(23)8-5-15/h4-9,13,20H,10-12,14H2,1-3H3,(H,25,26). The highest BCUT2D eigenvalue weighted by Gasteiger charge is 2.33. The summed E-state index contributed by atoms with van der Waals surface area (Å²) in [6.07, 6.45) is 0.855. The molecule has 0 saturated carbocycles. The summed E-state index contributed by atoms with van der Waals surface area (Å²) in [6.45, 7) is 7.72. The van der Waals surface area contributed by atoms with E-state index < -0.39 is 6.09 Å². The van der Waals surface area contributed by atoms with Crippen molar-refractivity contribution in [3.05, 3.63) is 69.2 Å². The Bertz CT molecular complexity index is 793. The number of hydrogen-bond donors (Lipinski definition) is 1. The zero-order valence-corrected chi connectivity index (χ0v) is 17.2. The summed E-state index contributed by atoms with van der Waals surface area (Å²) in [5.74, 6) is 0.206. The van der Waals surface area contributed by atoms with Crippen molar-refractivity contribution >= 4 is 22.0 Å². The summed E-state index contributed by atoms with van der Waals surface area (Å²) in [7, 11) is 0. The van der Waals surface area contributed by atoms with Crippen LogP contribution in [0.25, 0.3) is 0 Å². The Hall–Kier alpha value is -1.81. The van der Waals surface area contributed by atoms with E-state index in [1.165, 1.54) is 22.3 Å². The molecule has 3 rings (SSSR count). The Kier molecular flexibility index (Phi) is 5.42. The van der Waals surface area contributed by atoms with Crippen molar-refractivity contribution in [2.75, 3.05) is 13.1 Å². The zero-order valence-electron chi connectivity index (χ0n) is 15.6. The van der Waals surface area contributed by atoms with Crippen LogP contribution in [-0.4, -0.2) is 29.2 Å². The highest BCUT2D eigenvalue weighted by molar-refractivity contribution is 9.10. The molecule has 138 valence electrons. The van der Waals surface area contributed by atoms with Gasteiger partial charge in [0.1, 0.15) is 0 Å². The van der Waals surface area contributed by atoms with Gasteiger partial charge in [0.15, 0.2) is 0 Å². The normalized spacial score (nSPS) is 17.5. The fourth-order valence-corrected chi connectivity index (χ4v) is 4.01. The van der Waals surface area contributed by atoms with E-state index in [0.717, 1.165) is 17.3 Å². The first kappa shape index (κ1) is 19.0. The maximum absolute atomic E-state index is 11.6. The molecular weight excluding hydrogens is 390 g/mol. The van der Waals surface area contributed by atoms with Gasteiger partial charge < -0.3 is 10.0 Å². The molecule has 0 aliphatic carbocycles. The molecule has 4 heteroatoms. The van der Waals surface area contributed by atoms with E-state index in [4.69, 9.17) is 0 Å². The summed E-state index contributed by atoms with van der Waals surface area (Å²) in [5, 5.41) is 9.52. The minimum Gasteiger partial charge on any atom is -0.465 e. The first-order chi connectivity index (χ1) is 12.2. The smallest absolute Gasteiger partial charge is 0.407 e. The minimum absolute atomic E-state index is 0.0139. The van der Waals surface area contributed by atoms with Crippen LogP contribution in [0.2, 0.25) is 0 Å². The van der Waals surface area contributed by atoms with Gasteiger partial charge in [-0.15, -0.1) is 0 Å². The Morgan fingerprint density at radius 1 is 1.15 bits per heavy atom. The number of nitrogens with zero attached hydrogens (tertiary/aromatic N) is 1. The third kappa shape index (κ3) is 4.29. The van der Waals surface area contributed by atoms with E-state index >= 15 is 0 Å². The number of benzene rings is 2. The Morgan fingerprint density at radius 3 is 2.42 bits per heavy atom. The van der Waals surface area contributed by atoms with Gasteiger partial charge in [-0.3, -0.25) is 0 Å². The lowest BCUT2D eigenvalue weighted by molar-refractivity contribution is 0.135. The molecule has 1 unspecified atom stereocenters. The molecule has 1 heterocycles. The van der Waals surface area contributed by atoms with Gasteiger partial charge in [0.05, 0.1) is 0 Å². The molecule has 1 atom stereocenters. The van der Waals surface area contributed by atoms with Crippen molar-refractivity contribution < 1.29 is 9.90 Å². The van der Waals surface area contributed by atoms with E-state index in [2.05, 4.69) is 79.2 Å². The Balaban J connectivity index is 1.92. The largest absolute Gasteiger partial charge is 0.465 e. The monoisotopic (exact) mass is 415 g/mol. The quantitative estimate of drug-likeness (QED) is 0.682. The number of halogens is 1. The first-order valence-electron chi connectivity index (χ1n) is 9.08. The molecule has 1 aliphatic heterocycles. The van der Waals surface area contributed by atoms with Gasteiger partial charge in [0.25, 0.3) is 0 Å². The van der Waals surface area contributed by atoms with Crippen molar-refractivity contribution in [3.63, 3.8) is 0 Å². The van der Waals surface area contributed by atoms with E-state index in [-0.39, 0.29) is 11.3 Å². The number of amides is 1. The zero-order chi connectivity index (χ0) is 18.9. The van der Waals surface area contributed by atoms with E-state index in [1.807, 2.05) is 0 Å². The van der Waals surface area contributed by atoms with Gasteiger partial charge in [-0.05, 0) is 52.6 Å². The summed E-state index contributed by atoms with van der Waals surface area (Å²) in [5.41, 5.74) is 5.17. The highest BCUT2D eigenvalue weighted by atomic mass is 79.9. The predicted molar refractivity (Wildman–Crippen MR) is 109 cm³/mol. The molecule has 1 aliphatic rings. The van der Waals surface area contributed by atoms with Gasteiger partial charge in [-0.25, -0.2) is 4.79 Å². The fraction of sp³-hybridized carbons (Fsp3) is 0.409. The maximum Gasteiger partial charge on any atom is 0.407 e. The van der Waals surface area contributed by atoms with Crippen LogP contribution in [0.15, 0.2) is 46.9 Å². The summed E-state index contributed by atoms with van der Waals surface area (Å²) >= 11 is 3.48. The average Bonchev–Trinajstić information content (AvgIpc) is 2.76. The van der Waals surface area contributed by atoms with E-state index in [0.29, 0.717) is 13.1 Å². The number of carbonyl (C=O) groups is 1. The Labute approximate surface area is 164 Å². The lowest BCUT2D eigenvalue weighted by Crippen LogP contribution is -2.36. The van der Waals surface area contributed by atoms with Crippen LogP contribution in [0.3, 0.4) is 0 Å². The van der Waals surface area contributed by atoms with Gasteiger partial charge in [-0.2, -0.15) is 0 Å². The molecule has 0 saturated heterocycles. The highest BCUT2D eigenvalue weighted by Crippen LogP contribution is 2.39. The summed E-state index contributed by atoms with van der Waals surface area (Å²) < 4.78 is 1.09. The lowest BCUT2D eigenvalue weighted by Gasteiger charge is -2.33. The Morgan fingerprint density at radius 2 is 1.81 bits per heavy atom. The predicted octanol–water partition coefficient (Wildman–Crippen LogP) is 5.71. The van der Waals surface area contributed by atoms with Gasteiger partial charge in [0.2, 0.25) is 0 Å². The van der Waals surface area contributed by atoms with Crippen LogP contribution in [0.5, 0.6) is 0 Å². The molecule has 0 fully saturated rings. The van der Waals surface area contributed by atoms with Crippen LogP contribution in [-0.2, 0) is 12.8 Å². The van der Waals surface area contributed by atoms with Crippen LogP contribution in [0.1, 0.15) is 48.9 Å². The molecule has 1 N–H and O–H groups in total. The van der Waals surface area contributed by atoms with Crippen molar-refractivity contribution in [3.8, 4) is 0 Å². The second kappa shape index (κ2) is 7.43. The van der Waals surface area contributed by atoms with Crippen molar-refractivity contribution in [1.29, 1.82) is 0 Å². The fourth-order valence-electron chi connectivity index (χ4n) is 3.74. The van der Waals surface area contributed by atoms with Gasteiger partial charge in [-0.1, -0.05) is 67.0 Å². The third-order valence-corrected chi connectivity index (χ3v) is 5.80. The van der Waals surface area contributed by atoms with E-state index in [1.54, 1.807) is 4.90 Å². The number of hydrogen-bond acceptors (Lipinski definition) is 1. The number of rotatable bonds is 2. The van der Waals surface area contributed by atoms with Crippen LogP contribution in [0.4, 0.5) is 4.79 Å². The minimum atomic E-state index is -0.817. The molecule has 0 bridgehead atoms. The van der Waals surface area contributed by atoms with Gasteiger partial charge >= 0.3 is 6.09 Å². The molecule has 2 aromatic rings. The van der Waals surface area contributed by atoms with Crippen LogP contribution in [0, 0.1) is 5.41 Å². The second-order valence-corrected chi connectivity index (χ2v) is 9.15.